The molecule has 0 fully saturated rings. The maximum Gasteiger partial charge on any atom is 0.253 e. The van der Waals surface area contributed by atoms with Crippen LogP contribution in [0.2, 0.25) is 0 Å². The SMILES string of the molecule is CC(C)NC(=O)[C@H](C)NC(=O)CCOCCOCCOCCOCCOCCOCCNC(=O)CCN1C(=O)C=CC1=O. The molecule has 0 saturated heterocycles. The Morgan fingerprint density at radius 3 is 1.53 bits per heavy atom. The average molecular weight is 617 g/mol. The van der Waals surface area contributed by atoms with Crippen molar-refractivity contribution in [3.05, 3.63) is 12.2 Å². The van der Waals surface area contributed by atoms with E-state index in [0.717, 1.165) is 4.90 Å². The highest BCUT2D eigenvalue weighted by Gasteiger charge is 2.23. The Kier molecular flexibility index (Phi) is 21.7. The van der Waals surface area contributed by atoms with Gasteiger partial charge in [-0.1, -0.05) is 0 Å². The zero-order chi connectivity index (χ0) is 31.7. The first-order chi connectivity index (χ1) is 20.7. The van der Waals surface area contributed by atoms with Crippen LogP contribution >= 0.6 is 0 Å². The van der Waals surface area contributed by atoms with E-state index in [1.165, 1.54) is 12.2 Å². The fourth-order valence-corrected chi connectivity index (χ4v) is 3.37. The summed E-state index contributed by atoms with van der Waals surface area (Å²) in [5.41, 5.74) is 0. The van der Waals surface area contributed by atoms with E-state index in [-0.39, 0.29) is 49.8 Å². The number of ether oxygens (including phenoxy) is 6. The van der Waals surface area contributed by atoms with Crippen LogP contribution in [0.25, 0.3) is 0 Å². The summed E-state index contributed by atoms with van der Waals surface area (Å²) < 4.78 is 32.4. The molecule has 0 aromatic rings. The molecule has 0 saturated carbocycles. The molecule has 0 unspecified atom stereocenters. The van der Waals surface area contributed by atoms with Gasteiger partial charge in [0.1, 0.15) is 6.04 Å². The van der Waals surface area contributed by atoms with E-state index in [1.54, 1.807) is 6.92 Å². The molecule has 0 radical (unpaired) electrons. The Labute approximate surface area is 253 Å². The third kappa shape index (κ3) is 20.6. The molecule has 1 aliphatic rings. The number of amides is 5. The molecule has 0 spiro atoms. The third-order valence-corrected chi connectivity index (χ3v) is 5.57. The molecule has 3 N–H and O–H groups in total. The molecular weight excluding hydrogens is 568 g/mol. The molecular formula is C28H48N4O11. The Bertz CT molecular complexity index is 852. The molecule has 15 heteroatoms. The highest BCUT2D eigenvalue weighted by molar-refractivity contribution is 6.13. The molecule has 1 atom stereocenters. The van der Waals surface area contributed by atoms with Crippen LogP contribution in [0.4, 0.5) is 0 Å². The van der Waals surface area contributed by atoms with Gasteiger partial charge in [0.05, 0.1) is 79.3 Å². The van der Waals surface area contributed by atoms with E-state index in [4.69, 9.17) is 28.4 Å². The van der Waals surface area contributed by atoms with Crippen LogP contribution in [0.1, 0.15) is 33.6 Å². The Morgan fingerprint density at radius 2 is 1.07 bits per heavy atom. The summed E-state index contributed by atoms with van der Waals surface area (Å²) in [4.78, 5) is 59.3. The van der Waals surface area contributed by atoms with Crippen LogP contribution in [0.3, 0.4) is 0 Å². The van der Waals surface area contributed by atoms with Gasteiger partial charge in [-0.3, -0.25) is 28.9 Å². The number of nitrogens with zero attached hydrogens (tertiary/aromatic N) is 1. The molecule has 0 aliphatic carbocycles. The number of carbonyl (C=O) groups is 5. The molecule has 15 nitrogen and oxygen atoms in total. The average Bonchev–Trinajstić information content (AvgIpc) is 3.28. The first kappa shape index (κ1) is 38.1. The summed E-state index contributed by atoms with van der Waals surface area (Å²) in [6, 6.07) is -0.577. The summed E-state index contributed by atoms with van der Waals surface area (Å²) >= 11 is 0. The van der Waals surface area contributed by atoms with Gasteiger partial charge in [-0.15, -0.1) is 0 Å². The van der Waals surface area contributed by atoms with Crippen LogP contribution in [-0.4, -0.2) is 139 Å². The molecule has 0 aromatic heterocycles. The molecule has 1 heterocycles. The highest BCUT2D eigenvalue weighted by Crippen LogP contribution is 2.03. The molecule has 43 heavy (non-hydrogen) atoms. The second-order valence-electron chi connectivity index (χ2n) is 9.64. The van der Waals surface area contributed by atoms with Crippen molar-refractivity contribution >= 4 is 29.5 Å². The number of nitrogens with one attached hydrogen (secondary N) is 3. The second-order valence-corrected chi connectivity index (χ2v) is 9.64. The number of hydrogen-bond acceptors (Lipinski definition) is 11. The van der Waals surface area contributed by atoms with Crippen molar-refractivity contribution in [1.29, 1.82) is 0 Å². The maximum absolute atomic E-state index is 11.8. The van der Waals surface area contributed by atoms with E-state index in [1.807, 2.05) is 13.8 Å². The van der Waals surface area contributed by atoms with Gasteiger partial charge in [0.25, 0.3) is 11.8 Å². The van der Waals surface area contributed by atoms with Gasteiger partial charge < -0.3 is 44.4 Å². The first-order valence-electron chi connectivity index (χ1n) is 14.6. The summed E-state index contributed by atoms with van der Waals surface area (Å²) in [5, 5.41) is 8.04. The summed E-state index contributed by atoms with van der Waals surface area (Å²) in [7, 11) is 0. The van der Waals surface area contributed by atoms with Crippen LogP contribution in [-0.2, 0) is 52.4 Å². The number of carbonyl (C=O) groups excluding carboxylic acids is 5. The highest BCUT2D eigenvalue weighted by atomic mass is 16.6. The van der Waals surface area contributed by atoms with Crippen molar-refractivity contribution in [2.24, 2.45) is 0 Å². The van der Waals surface area contributed by atoms with E-state index in [2.05, 4.69) is 16.0 Å². The smallest absolute Gasteiger partial charge is 0.253 e. The van der Waals surface area contributed by atoms with Crippen molar-refractivity contribution in [1.82, 2.24) is 20.9 Å². The quantitative estimate of drug-likeness (QED) is 0.0756. The summed E-state index contributed by atoms with van der Waals surface area (Å²) in [6.45, 7) is 10.3. The monoisotopic (exact) mass is 616 g/mol. The fraction of sp³-hybridized carbons (Fsp3) is 0.750. The lowest BCUT2D eigenvalue weighted by molar-refractivity contribution is -0.137. The maximum atomic E-state index is 11.8. The number of imide groups is 1. The zero-order valence-corrected chi connectivity index (χ0v) is 25.6. The zero-order valence-electron chi connectivity index (χ0n) is 25.6. The van der Waals surface area contributed by atoms with Crippen molar-refractivity contribution in [3.63, 3.8) is 0 Å². The van der Waals surface area contributed by atoms with E-state index < -0.39 is 17.9 Å². The molecule has 0 aromatic carbocycles. The molecule has 5 amide bonds. The van der Waals surface area contributed by atoms with Gasteiger partial charge in [0.2, 0.25) is 17.7 Å². The topological polar surface area (TPSA) is 180 Å². The van der Waals surface area contributed by atoms with Crippen molar-refractivity contribution in [3.8, 4) is 0 Å². The third-order valence-electron chi connectivity index (χ3n) is 5.57. The minimum atomic E-state index is -0.593. The minimum Gasteiger partial charge on any atom is -0.379 e. The summed E-state index contributed by atoms with van der Waals surface area (Å²) in [5.74, 6) is -1.53. The molecule has 1 aliphatic heterocycles. The fourth-order valence-electron chi connectivity index (χ4n) is 3.37. The normalized spacial score (nSPS) is 13.5. The lowest BCUT2D eigenvalue weighted by atomic mass is 10.2. The van der Waals surface area contributed by atoms with Gasteiger partial charge in [-0.05, 0) is 20.8 Å². The van der Waals surface area contributed by atoms with E-state index in [9.17, 15) is 24.0 Å². The second kappa shape index (κ2) is 24.5. The van der Waals surface area contributed by atoms with Crippen LogP contribution < -0.4 is 16.0 Å². The Hall–Kier alpha value is -2.95. The van der Waals surface area contributed by atoms with Crippen LogP contribution in [0, 0.1) is 0 Å². The largest absolute Gasteiger partial charge is 0.379 e. The number of rotatable bonds is 27. The minimum absolute atomic E-state index is 0.0158. The van der Waals surface area contributed by atoms with E-state index >= 15 is 0 Å². The van der Waals surface area contributed by atoms with E-state index in [0.29, 0.717) is 79.2 Å². The molecule has 246 valence electrons. The van der Waals surface area contributed by atoms with Gasteiger partial charge in [0, 0.05) is 44.1 Å². The predicted molar refractivity (Wildman–Crippen MR) is 154 cm³/mol. The molecule has 0 bridgehead atoms. The molecule has 1 rings (SSSR count). The lowest BCUT2D eigenvalue weighted by Gasteiger charge is -2.16. The van der Waals surface area contributed by atoms with Gasteiger partial charge >= 0.3 is 0 Å². The number of hydrogen-bond donors (Lipinski definition) is 3. The first-order valence-corrected chi connectivity index (χ1v) is 14.6. The van der Waals surface area contributed by atoms with Crippen molar-refractivity contribution in [2.45, 2.75) is 45.7 Å². The standard InChI is InChI=1S/C28H48N4O11/c1-22(2)30-28(37)23(3)31-25(34)7-10-38-12-14-40-16-18-42-20-21-43-19-17-41-15-13-39-11-8-29-24(33)6-9-32-26(35)4-5-27(32)36/h4-5,22-23H,6-21H2,1-3H3,(H,29,33)(H,30,37)(H,31,34)/t23-/m0/s1. The van der Waals surface area contributed by atoms with Crippen LogP contribution in [0.5, 0.6) is 0 Å². The lowest BCUT2D eigenvalue weighted by Crippen LogP contribution is -2.46. The van der Waals surface area contributed by atoms with Gasteiger partial charge in [-0.2, -0.15) is 0 Å². The van der Waals surface area contributed by atoms with Crippen molar-refractivity contribution in [2.75, 3.05) is 92.4 Å². The predicted octanol–water partition coefficient (Wildman–Crippen LogP) is -1.06. The van der Waals surface area contributed by atoms with Crippen LogP contribution in [0.15, 0.2) is 12.2 Å². The Balaban J connectivity index is 1.76. The summed E-state index contributed by atoms with van der Waals surface area (Å²) in [6.07, 6.45) is 2.58. The van der Waals surface area contributed by atoms with Gasteiger partial charge in [-0.25, -0.2) is 0 Å². The van der Waals surface area contributed by atoms with Crippen molar-refractivity contribution < 1.29 is 52.4 Å². The Morgan fingerprint density at radius 1 is 0.628 bits per heavy atom. The van der Waals surface area contributed by atoms with Gasteiger partial charge in [0.15, 0.2) is 0 Å².